The van der Waals surface area contributed by atoms with Gasteiger partial charge in [-0.1, -0.05) is 158 Å². The van der Waals surface area contributed by atoms with Crippen LogP contribution < -0.4 is 4.90 Å². The van der Waals surface area contributed by atoms with Crippen LogP contribution in [0, 0.1) is 0 Å². The van der Waals surface area contributed by atoms with Crippen LogP contribution in [-0.4, -0.2) is 0 Å². The Morgan fingerprint density at radius 1 is 0.233 bits per heavy atom. The van der Waals surface area contributed by atoms with Crippen LogP contribution in [0.3, 0.4) is 0 Å². The Morgan fingerprint density at radius 3 is 1.20 bits per heavy atom. The van der Waals surface area contributed by atoms with Crippen molar-refractivity contribution in [1.82, 2.24) is 0 Å². The number of hydrogen-bond acceptors (Lipinski definition) is 2. The second-order valence-corrected chi connectivity index (χ2v) is 15.4. The highest BCUT2D eigenvalue weighted by Gasteiger charge is 2.16. The van der Waals surface area contributed by atoms with Crippen molar-refractivity contribution in [1.29, 1.82) is 0 Å². The molecule has 0 saturated carbocycles. The second-order valence-electron chi connectivity index (χ2n) is 15.4. The molecule has 0 aliphatic heterocycles. The monoisotopic (exact) mass is 765 g/mol. The molecule has 60 heavy (non-hydrogen) atoms. The lowest BCUT2D eigenvalue weighted by molar-refractivity contribution is 0.669. The van der Waals surface area contributed by atoms with Gasteiger partial charge >= 0.3 is 0 Å². The Kier molecular flexibility index (Phi) is 8.87. The minimum atomic E-state index is 0.904. The smallest absolute Gasteiger partial charge is 0.135 e. The van der Waals surface area contributed by atoms with E-state index in [2.05, 4.69) is 229 Å². The van der Waals surface area contributed by atoms with Gasteiger partial charge in [-0.2, -0.15) is 0 Å². The van der Waals surface area contributed by atoms with Gasteiger partial charge in [0.25, 0.3) is 0 Å². The summed E-state index contributed by atoms with van der Waals surface area (Å²) >= 11 is 0. The van der Waals surface area contributed by atoms with Crippen molar-refractivity contribution in [3.63, 3.8) is 0 Å². The summed E-state index contributed by atoms with van der Waals surface area (Å²) in [4.78, 5) is 2.35. The lowest BCUT2D eigenvalue weighted by Gasteiger charge is -2.26. The molecule has 0 radical (unpaired) electrons. The van der Waals surface area contributed by atoms with Gasteiger partial charge in [0, 0.05) is 27.8 Å². The van der Waals surface area contributed by atoms with Gasteiger partial charge in [-0.15, -0.1) is 0 Å². The van der Waals surface area contributed by atoms with E-state index < -0.39 is 0 Å². The maximum absolute atomic E-state index is 6.13. The zero-order valence-electron chi connectivity index (χ0n) is 32.9. The third-order valence-electron chi connectivity index (χ3n) is 11.6. The quantitative estimate of drug-likeness (QED) is 0.153. The van der Waals surface area contributed by atoms with Crippen LogP contribution in [0.5, 0.6) is 0 Å². The molecule has 1 aromatic heterocycles. The maximum Gasteiger partial charge on any atom is 0.135 e. The number of furan rings is 1. The average Bonchev–Trinajstić information content (AvgIpc) is 3.71. The fourth-order valence-corrected chi connectivity index (χ4v) is 8.52. The van der Waals surface area contributed by atoms with Gasteiger partial charge in [0.15, 0.2) is 0 Å². The van der Waals surface area contributed by atoms with E-state index in [4.69, 9.17) is 4.42 Å². The van der Waals surface area contributed by atoms with E-state index in [1.165, 1.54) is 49.7 Å². The zero-order valence-corrected chi connectivity index (χ0v) is 32.9. The van der Waals surface area contributed by atoms with Crippen molar-refractivity contribution >= 4 is 49.8 Å². The molecule has 0 aliphatic carbocycles. The molecule has 0 bridgehead atoms. The van der Waals surface area contributed by atoms with E-state index >= 15 is 0 Å². The van der Waals surface area contributed by atoms with Crippen molar-refractivity contribution in [2.24, 2.45) is 0 Å². The highest BCUT2D eigenvalue weighted by Crippen LogP contribution is 2.40. The van der Waals surface area contributed by atoms with Crippen molar-refractivity contribution < 1.29 is 4.42 Å². The lowest BCUT2D eigenvalue weighted by atomic mass is 9.93. The van der Waals surface area contributed by atoms with Crippen LogP contribution in [0.15, 0.2) is 241 Å². The summed E-state index contributed by atoms with van der Waals surface area (Å²) < 4.78 is 6.13. The minimum Gasteiger partial charge on any atom is -0.456 e. The van der Waals surface area contributed by atoms with E-state index in [-0.39, 0.29) is 0 Å². The molecule has 2 heteroatoms. The molecule has 0 saturated heterocycles. The lowest BCUT2D eigenvalue weighted by Crippen LogP contribution is -2.09. The molecule has 0 amide bonds. The van der Waals surface area contributed by atoms with Gasteiger partial charge < -0.3 is 9.32 Å². The van der Waals surface area contributed by atoms with Crippen LogP contribution >= 0.6 is 0 Å². The fraction of sp³-hybridized carbons (Fsp3) is 0. The molecule has 10 aromatic carbocycles. The third kappa shape index (κ3) is 6.70. The van der Waals surface area contributed by atoms with Gasteiger partial charge in [0.2, 0.25) is 0 Å². The summed E-state index contributed by atoms with van der Waals surface area (Å²) in [6.45, 7) is 0. The summed E-state index contributed by atoms with van der Waals surface area (Å²) in [6.07, 6.45) is 0. The molecule has 0 unspecified atom stereocenters. The molecule has 0 N–H and O–H groups in total. The van der Waals surface area contributed by atoms with Crippen LogP contribution in [0.4, 0.5) is 17.1 Å². The maximum atomic E-state index is 6.13. The fourth-order valence-electron chi connectivity index (χ4n) is 8.52. The first-order chi connectivity index (χ1) is 29.7. The van der Waals surface area contributed by atoms with Crippen LogP contribution in [0.25, 0.3) is 88.3 Å². The van der Waals surface area contributed by atoms with E-state index in [0.29, 0.717) is 0 Å². The zero-order chi connectivity index (χ0) is 39.8. The van der Waals surface area contributed by atoms with Gasteiger partial charge in [0.1, 0.15) is 11.2 Å². The standard InChI is InChI=1S/C58H39NO/c1-3-11-40(12-4-1)49-36-50(41-13-5-2-6-14-41)38-51(37-49)45-25-32-54(33-26-45)59(52-28-21-43(22-29-52)47-20-19-42-15-7-8-16-46(42)35-47)53-30-23-44(24-31-53)48-27-34-58-56(39-48)55-17-9-10-18-57(55)60-58/h1-39H. The molecule has 0 spiro atoms. The Bertz CT molecular complexity index is 3220. The van der Waals surface area contributed by atoms with Crippen LogP contribution in [-0.2, 0) is 0 Å². The molecule has 11 rings (SSSR count). The number of anilines is 3. The van der Waals surface area contributed by atoms with Crippen molar-refractivity contribution in [3.05, 3.63) is 237 Å². The molecule has 11 aromatic rings. The largest absolute Gasteiger partial charge is 0.456 e. The van der Waals surface area contributed by atoms with Crippen LogP contribution in [0.2, 0.25) is 0 Å². The van der Waals surface area contributed by atoms with Gasteiger partial charge in [-0.05, 0) is 145 Å². The number of para-hydroxylation sites is 1. The summed E-state index contributed by atoms with van der Waals surface area (Å²) in [5.74, 6) is 0. The number of rotatable bonds is 8. The molecular weight excluding hydrogens is 727 g/mol. The van der Waals surface area contributed by atoms with E-state index in [1.807, 2.05) is 12.1 Å². The highest BCUT2D eigenvalue weighted by molar-refractivity contribution is 6.06. The number of benzene rings is 10. The highest BCUT2D eigenvalue weighted by atomic mass is 16.3. The van der Waals surface area contributed by atoms with E-state index in [0.717, 1.165) is 55.7 Å². The average molecular weight is 766 g/mol. The molecule has 1 heterocycles. The Morgan fingerprint density at radius 2 is 0.633 bits per heavy atom. The van der Waals surface area contributed by atoms with E-state index in [1.54, 1.807) is 0 Å². The molecule has 0 fully saturated rings. The summed E-state index contributed by atoms with van der Waals surface area (Å²) in [6, 6.07) is 85.0. The number of nitrogens with zero attached hydrogens (tertiary/aromatic N) is 1. The SMILES string of the molecule is c1ccc(-c2cc(-c3ccccc3)cc(-c3ccc(N(c4ccc(-c5ccc6ccccc6c5)cc4)c4ccc(-c5ccc6oc7ccccc7c6c5)cc4)cc3)c2)cc1. The second kappa shape index (κ2) is 15.1. The van der Waals surface area contributed by atoms with Crippen molar-refractivity contribution in [2.45, 2.75) is 0 Å². The predicted octanol–water partition coefficient (Wildman–Crippen LogP) is 16.5. The van der Waals surface area contributed by atoms with Gasteiger partial charge in [-0.25, -0.2) is 0 Å². The topological polar surface area (TPSA) is 16.4 Å². The minimum absolute atomic E-state index is 0.904. The predicted molar refractivity (Wildman–Crippen MR) is 253 cm³/mol. The van der Waals surface area contributed by atoms with Crippen molar-refractivity contribution in [2.75, 3.05) is 4.90 Å². The first-order valence-corrected chi connectivity index (χ1v) is 20.5. The Hall–Kier alpha value is -7.94. The summed E-state index contributed by atoms with van der Waals surface area (Å²) in [7, 11) is 0. The Balaban J connectivity index is 0.977. The molecule has 282 valence electrons. The normalized spacial score (nSPS) is 11.3. The molecular formula is C58H39NO. The third-order valence-corrected chi connectivity index (χ3v) is 11.6. The summed E-state index contributed by atoms with van der Waals surface area (Å²) in [5.41, 5.74) is 16.9. The molecule has 0 atom stereocenters. The Labute approximate surface area is 349 Å². The van der Waals surface area contributed by atoms with Crippen molar-refractivity contribution in [3.8, 4) is 55.6 Å². The molecule has 0 aliphatic rings. The first kappa shape index (κ1) is 35.2. The summed E-state index contributed by atoms with van der Waals surface area (Å²) in [5, 5.41) is 4.75. The van der Waals surface area contributed by atoms with E-state index in [9.17, 15) is 0 Å². The first-order valence-electron chi connectivity index (χ1n) is 20.5. The van der Waals surface area contributed by atoms with Gasteiger partial charge in [-0.3, -0.25) is 0 Å². The number of fused-ring (bicyclic) bond motifs is 4. The van der Waals surface area contributed by atoms with Crippen LogP contribution in [0.1, 0.15) is 0 Å². The van der Waals surface area contributed by atoms with Gasteiger partial charge in [0.05, 0.1) is 0 Å². The molecule has 2 nitrogen and oxygen atoms in total. The number of hydrogen-bond donors (Lipinski definition) is 0.